The van der Waals surface area contributed by atoms with E-state index in [1.807, 2.05) is 31.2 Å². The van der Waals surface area contributed by atoms with Gasteiger partial charge in [0.05, 0.1) is 17.2 Å². The van der Waals surface area contributed by atoms with E-state index in [9.17, 15) is 0 Å². The predicted octanol–water partition coefficient (Wildman–Crippen LogP) is 3.61. The minimum absolute atomic E-state index is 0. The van der Waals surface area contributed by atoms with Crippen LogP contribution in [0.5, 0.6) is 0 Å². The lowest BCUT2D eigenvalue weighted by atomic mass is 10.2. The normalized spacial score (nSPS) is 11.1. The lowest BCUT2D eigenvalue weighted by Crippen LogP contribution is -2.22. The fourth-order valence-corrected chi connectivity index (χ4v) is 2.53. The third kappa shape index (κ3) is 4.75. The molecule has 0 spiro atoms. The molecule has 0 bridgehead atoms. The van der Waals surface area contributed by atoms with Gasteiger partial charge in [-0.15, -0.1) is 35.3 Å². The number of aryl methyl sites for hydroxylation is 3. The Bertz CT molecular complexity index is 590. The van der Waals surface area contributed by atoms with E-state index in [1.54, 1.807) is 11.3 Å². The average Bonchev–Trinajstić information content (AvgIpc) is 2.68. The van der Waals surface area contributed by atoms with Crippen molar-refractivity contribution in [2.24, 2.45) is 10.7 Å². The molecule has 0 unspecified atom stereocenters. The fraction of sp³-hybridized carbons (Fsp3) is 0.286. The molecule has 0 atom stereocenters. The van der Waals surface area contributed by atoms with Crippen molar-refractivity contribution in [3.8, 4) is 0 Å². The Kier molecular flexibility index (Phi) is 6.41. The van der Waals surface area contributed by atoms with Crippen LogP contribution in [0.1, 0.15) is 21.1 Å². The van der Waals surface area contributed by atoms with Crippen LogP contribution in [0.25, 0.3) is 0 Å². The van der Waals surface area contributed by atoms with Crippen molar-refractivity contribution in [1.82, 2.24) is 4.98 Å². The number of nitrogens with zero attached hydrogens (tertiary/aromatic N) is 2. The average molecular weight is 402 g/mol. The van der Waals surface area contributed by atoms with Crippen LogP contribution < -0.4 is 11.1 Å². The number of hydrogen-bond donors (Lipinski definition) is 2. The van der Waals surface area contributed by atoms with E-state index in [0.29, 0.717) is 12.5 Å². The molecule has 4 nitrogen and oxygen atoms in total. The second kappa shape index (κ2) is 7.58. The standard InChI is InChI=1S/C14H18N4S.HI/c1-9-4-6-12(7-5-9)18-14(15)16-8-13-10(2)19-11(3)17-13;/h4-7H,8H2,1-3H3,(H3,15,16,18);1H. The van der Waals surface area contributed by atoms with Crippen LogP contribution in [0.15, 0.2) is 29.3 Å². The zero-order valence-corrected chi connectivity index (χ0v) is 15.0. The largest absolute Gasteiger partial charge is 0.370 e. The number of benzene rings is 1. The van der Waals surface area contributed by atoms with Crippen LogP contribution >= 0.6 is 35.3 Å². The van der Waals surface area contributed by atoms with Gasteiger partial charge in [0.25, 0.3) is 0 Å². The molecule has 0 saturated carbocycles. The molecule has 0 aliphatic heterocycles. The molecule has 20 heavy (non-hydrogen) atoms. The summed E-state index contributed by atoms with van der Waals surface area (Å²) < 4.78 is 0. The number of nitrogens with one attached hydrogen (secondary N) is 1. The molecule has 0 saturated heterocycles. The van der Waals surface area contributed by atoms with E-state index < -0.39 is 0 Å². The topological polar surface area (TPSA) is 63.3 Å². The molecule has 3 N–H and O–H groups in total. The minimum Gasteiger partial charge on any atom is -0.370 e. The van der Waals surface area contributed by atoms with Crippen LogP contribution in [0.2, 0.25) is 0 Å². The molecule has 0 radical (unpaired) electrons. The number of halogens is 1. The zero-order chi connectivity index (χ0) is 13.8. The summed E-state index contributed by atoms with van der Waals surface area (Å²) in [7, 11) is 0. The highest BCUT2D eigenvalue weighted by molar-refractivity contribution is 14.0. The summed E-state index contributed by atoms with van der Waals surface area (Å²) in [5, 5.41) is 4.13. The van der Waals surface area contributed by atoms with Crippen LogP contribution in [0.3, 0.4) is 0 Å². The first-order chi connectivity index (χ1) is 9.04. The predicted molar refractivity (Wildman–Crippen MR) is 97.1 cm³/mol. The lowest BCUT2D eigenvalue weighted by molar-refractivity contribution is 0.980. The number of nitrogens with two attached hydrogens (primary N) is 1. The number of aromatic nitrogens is 1. The van der Waals surface area contributed by atoms with Gasteiger partial charge < -0.3 is 11.1 Å². The monoisotopic (exact) mass is 402 g/mol. The van der Waals surface area contributed by atoms with Gasteiger partial charge in [-0.1, -0.05) is 17.7 Å². The molecule has 6 heteroatoms. The summed E-state index contributed by atoms with van der Waals surface area (Å²) in [6.07, 6.45) is 0. The molecular formula is C14H19IN4S. The third-order valence-corrected chi connectivity index (χ3v) is 3.65. The number of thiazole rings is 1. The zero-order valence-electron chi connectivity index (χ0n) is 11.8. The first-order valence-corrected chi connectivity index (χ1v) is 6.93. The van der Waals surface area contributed by atoms with Crippen molar-refractivity contribution >= 4 is 47.0 Å². The maximum Gasteiger partial charge on any atom is 0.193 e. The Morgan fingerprint density at radius 2 is 1.90 bits per heavy atom. The summed E-state index contributed by atoms with van der Waals surface area (Å²) in [5.74, 6) is 0.411. The van der Waals surface area contributed by atoms with Crippen molar-refractivity contribution in [3.05, 3.63) is 45.4 Å². The number of aliphatic imine (C=N–C) groups is 1. The van der Waals surface area contributed by atoms with E-state index in [2.05, 4.69) is 29.1 Å². The van der Waals surface area contributed by atoms with Crippen LogP contribution in [0, 0.1) is 20.8 Å². The van der Waals surface area contributed by atoms with Crippen molar-refractivity contribution in [2.75, 3.05) is 5.32 Å². The molecule has 2 rings (SSSR count). The molecule has 1 aromatic heterocycles. The summed E-state index contributed by atoms with van der Waals surface area (Å²) in [5.41, 5.74) is 9.02. The fourth-order valence-electron chi connectivity index (χ4n) is 1.70. The molecule has 1 heterocycles. The van der Waals surface area contributed by atoms with Crippen LogP contribution in [-0.2, 0) is 6.54 Å². The molecule has 0 amide bonds. The van der Waals surface area contributed by atoms with Crippen molar-refractivity contribution in [3.63, 3.8) is 0 Å². The summed E-state index contributed by atoms with van der Waals surface area (Å²) >= 11 is 1.68. The second-order valence-corrected chi connectivity index (χ2v) is 5.84. The molecule has 0 fully saturated rings. The van der Waals surface area contributed by atoms with Crippen LogP contribution in [0.4, 0.5) is 5.69 Å². The minimum atomic E-state index is 0. The molecule has 1 aromatic carbocycles. The van der Waals surface area contributed by atoms with E-state index in [-0.39, 0.29) is 24.0 Å². The molecule has 0 aliphatic carbocycles. The maximum atomic E-state index is 5.86. The Morgan fingerprint density at radius 1 is 1.25 bits per heavy atom. The maximum absolute atomic E-state index is 5.86. The van der Waals surface area contributed by atoms with Gasteiger partial charge in [0.15, 0.2) is 5.96 Å². The number of rotatable bonds is 3. The smallest absolute Gasteiger partial charge is 0.193 e. The van der Waals surface area contributed by atoms with Gasteiger partial charge >= 0.3 is 0 Å². The first kappa shape index (κ1) is 16.9. The number of guanidine groups is 1. The Labute approximate surface area is 140 Å². The van der Waals surface area contributed by atoms with Gasteiger partial charge in [-0.2, -0.15) is 0 Å². The van der Waals surface area contributed by atoms with Gasteiger partial charge in [-0.3, -0.25) is 0 Å². The molecular weight excluding hydrogens is 383 g/mol. The van der Waals surface area contributed by atoms with E-state index >= 15 is 0 Å². The highest BCUT2D eigenvalue weighted by atomic mass is 127. The summed E-state index contributed by atoms with van der Waals surface area (Å²) in [6, 6.07) is 8.03. The van der Waals surface area contributed by atoms with E-state index in [1.165, 1.54) is 10.4 Å². The van der Waals surface area contributed by atoms with Gasteiger partial charge in [0.1, 0.15) is 0 Å². The Hall–Kier alpha value is -1.15. The lowest BCUT2D eigenvalue weighted by Gasteiger charge is -2.05. The molecule has 108 valence electrons. The van der Waals surface area contributed by atoms with Gasteiger partial charge in [-0.25, -0.2) is 9.98 Å². The number of anilines is 1. The molecule has 2 aromatic rings. The van der Waals surface area contributed by atoms with E-state index in [4.69, 9.17) is 5.73 Å². The Morgan fingerprint density at radius 3 is 2.45 bits per heavy atom. The van der Waals surface area contributed by atoms with Gasteiger partial charge in [0.2, 0.25) is 0 Å². The van der Waals surface area contributed by atoms with Crippen LogP contribution in [-0.4, -0.2) is 10.9 Å². The Balaban J connectivity index is 0.00000200. The highest BCUT2D eigenvalue weighted by Gasteiger charge is 2.04. The summed E-state index contributed by atoms with van der Waals surface area (Å²) in [6.45, 7) is 6.62. The highest BCUT2D eigenvalue weighted by Crippen LogP contribution is 2.17. The first-order valence-electron chi connectivity index (χ1n) is 6.11. The van der Waals surface area contributed by atoms with Crippen molar-refractivity contribution in [1.29, 1.82) is 0 Å². The van der Waals surface area contributed by atoms with Crippen molar-refractivity contribution < 1.29 is 0 Å². The van der Waals surface area contributed by atoms with E-state index in [0.717, 1.165) is 16.4 Å². The SMILES string of the molecule is Cc1ccc(NC(N)=NCc2nc(C)sc2C)cc1.I. The molecule has 0 aliphatic rings. The summed E-state index contributed by atoms with van der Waals surface area (Å²) in [4.78, 5) is 9.94. The van der Waals surface area contributed by atoms with Crippen molar-refractivity contribution in [2.45, 2.75) is 27.3 Å². The van der Waals surface area contributed by atoms with Gasteiger partial charge in [0, 0.05) is 10.6 Å². The number of hydrogen-bond acceptors (Lipinski definition) is 3. The third-order valence-electron chi connectivity index (χ3n) is 2.72. The quantitative estimate of drug-likeness (QED) is 0.469. The van der Waals surface area contributed by atoms with Gasteiger partial charge in [-0.05, 0) is 32.9 Å². The second-order valence-electron chi connectivity index (χ2n) is 4.43.